The molecule has 10 atom stereocenters. The average molecular weight is 1500 g/mol. The number of aliphatic carboxylic acids is 2. The summed E-state index contributed by atoms with van der Waals surface area (Å²) in [5, 5.41) is 68.8. The molecule has 14 N–H and O–H groups in total. The first-order valence-corrected chi connectivity index (χ1v) is 33.0. The highest BCUT2D eigenvalue weighted by molar-refractivity contribution is 5.85. The van der Waals surface area contributed by atoms with Crippen molar-refractivity contribution >= 4 is 42.0 Å². The minimum Gasteiger partial charge on any atom is -0.479 e. The lowest BCUT2D eigenvalue weighted by Gasteiger charge is -2.38. The first-order valence-electron chi connectivity index (χ1n) is 33.0. The summed E-state index contributed by atoms with van der Waals surface area (Å²) in [5.74, 6) is -15.9. The monoisotopic (exact) mass is 1500 g/mol. The molecule has 38 nitrogen and oxygen atoms in total. The highest BCUT2D eigenvalue weighted by atomic mass is 19.2. The molecule has 4 rings (SSSR count). The molecule has 0 radical (unpaired) electrons. The van der Waals surface area contributed by atoms with Gasteiger partial charge in [0.25, 0.3) is 0 Å². The van der Waals surface area contributed by atoms with Gasteiger partial charge in [0.1, 0.15) is 30.1 Å². The van der Waals surface area contributed by atoms with Crippen LogP contribution in [0.15, 0.2) is 45.9 Å². The lowest BCUT2D eigenvalue weighted by atomic mass is 9.87. The van der Waals surface area contributed by atoms with Gasteiger partial charge in [0, 0.05) is 64.7 Å². The highest BCUT2D eigenvalue weighted by Crippen LogP contribution is 2.33. The summed E-state index contributed by atoms with van der Waals surface area (Å²) in [7, 11) is 2.80. The summed E-state index contributed by atoms with van der Waals surface area (Å²) in [6.07, 6.45) is -7.36. The first-order chi connectivity index (χ1) is 49.8. The fourth-order valence-corrected chi connectivity index (χ4v) is 9.51. The average Bonchev–Trinajstić information content (AvgIpc) is 0.865. The van der Waals surface area contributed by atoms with Gasteiger partial charge in [-0.2, -0.15) is 8.78 Å². The molecule has 2 aliphatic heterocycles. The van der Waals surface area contributed by atoms with Crippen molar-refractivity contribution in [2.75, 3.05) is 186 Å². The molecule has 590 valence electrons. The van der Waals surface area contributed by atoms with E-state index in [1.54, 1.807) is 24.7 Å². The fourth-order valence-electron chi connectivity index (χ4n) is 9.51. The van der Waals surface area contributed by atoms with E-state index in [-0.39, 0.29) is 130 Å². The number of halogens is 4. The molecule has 0 fully saturated rings. The minimum absolute atomic E-state index is 0.00113. The number of amides is 2. The molecule has 2 amide bonds. The maximum absolute atomic E-state index is 13.7. The van der Waals surface area contributed by atoms with Crippen molar-refractivity contribution in [2.24, 2.45) is 44.8 Å². The Morgan fingerprint density at radius 3 is 1.32 bits per heavy atom. The van der Waals surface area contributed by atoms with Crippen LogP contribution in [-0.2, 0) is 93.9 Å². The number of aliphatic hydroxyl groups excluding tert-OH is 4. The number of carbonyl (C=O) groups excluding carboxylic acids is 3. The number of nitrogens with zero attached hydrogens (tertiary/aromatic N) is 8. The van der Waals surface area contributed by atoms with Crippen molar-refractivity contribution in [1.29, 1.82) is 0 Å². The van der Waals surface area contributed by atoms with E-state index in [4.69, 9.17) is 89.3 Å². The Hall–Kier alpha value is -7.95. The van der Waals surface area contributed by atoms with Gasteiger partial charge in [-0.15, -0.1) is 5.10 Å². The molecule has 3 heterocycles. The van der Waals surface area contributed by atoms with Gasteiger partial charge >= 0.3 is 30.1 Å². The topological polar surface area (TPSA) is 514 Å². The molecule has 0 spiro atoms. The van der Waals surface area contributed by atoms with Crippen molar-refractivity contribution in [3.63, 3.8) is 0 Å². The van der Waals surface area contributed by atoms with Crippen LogP contribution in [0, 0.1) is 35.1 Å². The third-order valence-corrected chi connectivity index (χ3v) is 15.2. The van der Waals surface area contributed by atoms with E-state index >= 15 is 0 Å². The van der Waals surface area contributed by atoms with Crippen LogP contribution in [-0.4, -0.2) is 337 Å². The second-order valence-corrected chi connectivity index (χ2v) is 23.1. The van der Waals surface area contributed by atoms with E-state index in [1.165, 1.54) is 26.2 Å². The Kier molecular flexibility index (Phi) is 41.6. The maximum Gasteiger partial charge on any atom is 0.410 e. The maximum atomic E-state index is 13.7. The van der Waals surface area contributed by atoms with Crippen LogP contribution in [0.25, 0.3) is 0 Å². The first kappa shape index (κ1) is 88.4. The molecule has 104 heavy (non-hydrogen) atoms. The Morgan fingerprint density at radius 2 is 0.923 bits per heavy atom. The summed E-state index contributed by atoms with van der Waals surface area (Å²) < 4.78 is 138. The van der Waals surface area contributed by atoms with Gasteiger partial charge in [-0.25, -0.2) is 42.6 Å². The molecular weight excluding hydrogens is 1400 g/mol. The molecule has 0 saturated heterocycles. The lowest BCUT2D eigenvalue weighted by molar-refractivity contribution is -0.148. The fraction of sp³-hybridized carbons (Fsp3) is 0.694. The molecular formula is C62H98F4N12O26. The predicted octanol–water partition coefficient (Wildman–Crippen LogP) is -2.33. The second kappa shape index (κ2) is 49.0. The number of hydrogen-bond acceptors (Lipinski definition) is 29. The number of likely N-dealkylation sites (N-methyl/N-ethyl adjacent to an activating group) is 2. The molecule has 0 saturated carbocycles. The smallest absolute Gasteiger partial charge is 0.410 e. The molecule has 2 aromatic rings. The number of hydrogen-bond donors (Lipinski definition) is 10. The van der Waals surface area contributed by atoms with Gasteiger partial charge < -0.3 is 134 Å². The number of aliphatic hydroxyl groups is 4. The van der Waals surface area contributed by atoms with Crippen LogP contribution >= 0.6 is 0 Å². The number of aromatic nitrogens is 3. The molecule has 0 bridgehead atoms. The zero-order valence-corrected chi connectivity index (χ0v) is 58.3. The van der Waals surface area contributed by atoms with E-state index in [0.717, 1.165) is 9.80 Å². The van der Waals surface area contributed by atoms with Crippen molar-refractivity contribution < 1.29 is 143 Å². The van der Waals surface area contributed by atoms with E-state index in [2.05, 4.69) is 25.0 Å². The molecule has 0 aliphatic carbocycles. The highest BCUT2D eigenvalue weighted by Gasteiger charge is 2.46. The molecule has 2 aliphatic rings. The van der Waals surface area contributed by atoms with Crippen LogP contribution in [0.5, 0.6) is 5.75 Å². The number of benzene rings is 1. The van der Waals surface area contributed by atoms with E-state index in [0.29, 0.717) is 64.9 Å². The third-order valence-electron chi connectivity index (χ3n) is 15.2. The third kappa shape index (κ3) is 32.6. The van der Waals surface area contributed by atoms with Crippen LogP contribution in [0.2, 0.25) is 0 Å². The van der Waals surface area contributed by atoms with Gasteiger partial charge in [0.2, 0.25) is 28.9 Å². The van der Waals surface area contributed by atoms with Crippen LogP contribution < -0.4 is 27.7 Å². The quantitative estimate of drug-likeness (QED) is 0.00631. The zero-order chi connectivity index (χ0) is 76.5. The Bertz CT molecular complexity index is 2900. The number of carbonyl (C=O) groups is 5. The van der Waals surface area contributed by atoms with Crippen molar-refractivity contribution in [1.82, 2.24) is 29.7 Å². The predicted molar refractivity (Wildman–Crippen MR) is 351 cm³/mol. The molecule has 1 unspecified atom stereocenters. The Balaban J connectivity index is 1.11. The van der Waals surface area contributed by atoms with Crippen molar-refractivity contribution in [3.05, 3.63) is 64.9 Å². The number of carboxylic acid groups (broad SMARTS) is 2. The van der Waals surface area contributed by atoms with Crippen molar-refractivity contribution in [2.45, 2.75) is 82.1 Å². The SMILES string of the molecule is C[C@@H]1[C@@H](N=C(N)N)C=C(C(=O)O)O[C@H]1C(OC(=O)N(C)CCOCCN(CCOCCOCCOCCOCc1cn(CCOCCOCCOCCOCCC(=O)Oc2c(F)c(F)cc(F)c2F)nn1)CCOCCN(C)C(=O)O[C@@H]([C@@H]1OC(C(=O)O)=C[C@H](N=C(N)N)[C@H]1C)[C@H](O)CO)[C@H](O)CO. The van der Waals surface area contributed by atoms with Crippen LogP contribution in [0.3, 0.4) is 0 Å². The van der Waals surface area contributed by atoms with Crippen LogP contribution in [0.1, 0.15) is 26.0 Å². The van der Waals surface area contributed by atoms with Gasteiger partial charge in [-0.05, 0) is 12.2 Å². The van der Waals surface area contributed by atoms with Gasteiger partial charge in [-0.3, -0.25) is 9.69 Å². The molecule has 42 heteroatoms. The zero-order valence-electron chi connectivity index (χ0n) is 58.3. The summed E-state index contributed by atoms with van der Waals surface area (Å²) in [6, 6.07) is -1.87. The number of carboxylic acids is 2. The number of ether oxygens (including phenoxy) is 15. The summed E-state index contributed by atoms with van der Waals surface area (Å²) in [5.41, 5.74) is 22.9. The van der Waals surface area contributed by atoms with Gasteiger partial charge in [-0.1, -0.05) is 19.1 Å². The second-order valence-electron chi connectivity index (χ2n) is 23.1. The van der Waals surface area contributed by atoms with Crippen LogP contribution in [0.4, 0.5) is 27.2 Å². The minimum atomic E-state index is -1.82. The number of guanidine groups is 2. The summed E-state index contributed by atoms with van der Waals surface area (Å²) in [6.45, 7) is 6.94. The Morgan fingerprint density at radius 1 is 0.558 bits per heavy atom. The van der Waals surface area contributed by atoms with Gasteiger partial charge in [0.05, 0.1) is 177 Å². The van der Waals surface area contributed by atoms with E-state index in [9.17, 15) is 72.2 Å². The van der Waals surface area contributed by atoms with Gasteiger partial charge in [0.15, 0.2) is 35.8 Å². The largest absolute Gasteiger partial charge is 0.479 e. The number of nitrogens with two attached hydrogens (primary N) is 4. The summed E-state index contributed by atoms with van der Waals surface area (Å²) >= 11 is 0. The normalized spacial score (nSPS) is 18.4. The summed E-state index contributed by atoms with van der Waals surface area (Å²) in [4.78, 5) is 74.7. The number of aliphatic imine (C=N–C) groups is 2. The van der Waals surface area contributed by atoms with E-state index < -0.39 is 151 Å². The lowest BCUT2D eigenvalue weighted by Crippen LogP contribution is -2.52. The molecule has 1 aromatic heterocycles. The van der Waals surface area contributed by atoms with E-state index in [1.807, 2.05) is 4.90 Å². The standard InChI is InChI=1S/C62H98F4N12O26/c1-38-43(71-59(67)68)32-47(57(84)85)100-52(38)54(45(81)35-79)103-61(88)75(3)6-13-91-15-8-77(9-16-92-14-7-76(4)62(89)104-55(46(82)36-80)53-39(2)44(72-60(69)70)33-48(101-53)58(86)87)10-17-93-20-23-96-27-28-98-29-30-99-37-40-34-78(74-73-40)11-18-94-21-24-97-26-25-95-22-19-90-12-5-49(83)102-56-50(65)41(63)31-42(64)51(56)66/h31-34,38-39,43-46,52-55,79-82H,5-30,35-37H2,1-4H3,(H,84,85)(H,86,87)(H4,67,68,71)(H4,69,70,72)/t38-,39-,43+,44+,45-,46-,52-,53-,54-,55?/m1/s1. The number of rotatable bonds is 54. The van der Waals surface area contributed by atoms with Crippen molar-refractivity contribution in [3.8, 4) is 5.75 Å². The Labute approximate surface area is 596 Å². The molecule has 1 aromatic carbocycles. The number of esters is 1.